The quantitative estimate of drug-likeness (QED) is 0.845. The highest BCUT2D eigenvalue weighted by atomic mass is 16.5. The average molecular weight is 314 g/mol. The zero-order valence-corrected chi connectivity index (χ0v) is 13.6. The fourth-order valence-corrected chi connectivity index (χ4v) is 2.72. The number of hydrogen-bond donors (Lipinski definition) is 0. The van der Waals surface area contributed by atoms with Gasteiger partial charge in [-0.05, 0) is 31.7 Å². The molecule has 2 aromatic heterocycles. The Morgan fingerprint density at radius 1 is 1.17 bits per heavy atom. The minimum absolute atomic E-state index is 0.560. The van der Waals surface area contributed by atoms with Crippen LogP contribution in [0.4, 0.5) is 5.95 Å². The standard InChI is InChI=1S/C17H22N4O2/c1-13-11-15(3-7-18-13)23-12-14-5-9-21(10-6-14)17-19-8-4-16(20-17)22-2/h3-4,7-8,11,14H,5-6,9-10,12H2,1-2H3. The van der Waals surface area contributed by atoms with Gasteiger partial charge in [-0.1, -0.05) is 0 Å². The number of aryl methyl sites for hydroxylation is 1. The van der Waals surface area contributed by atoms with E-state index < -0.39 is 0 Å². The van der Waals surface area contributed by atoms with Gasteiger partial charge >= 0.3 is 0 Å². The molecule has 0 amide bonds. The van der Waals surface area contributed by atoms with Gasteiger partial charge in [0.1, 0.15) is 5.75 Å². The van der Waals surface area contributed by atoms with Crippen LogP contribution in [0, 0.1) is 12.8 Å². The van der Waals surface area contributed by atoms with Crippen molar-refractivity contribution in [3.63, 3.8) is 0 Å². The molecule has 0 radical (unpaired) electrons. The monoisotopic (exact) mass is 314 g/mol. The Balaban J connectivity index is 1.50. The van der Waals surface area contributed by atoms with Crippen molar-refractivity contribution in [3.8, 4) is 11.6 Å². The summed E-state index contributed by atoms with van der Waals surface area (Å²) in [4.78, 5) is 15.1. The maximum Gasteiger partial charge on any atom is 0.228 e. The van der Waals surface area contributed by atoms with Crippen LogP contribution in [0.3, 0.4) is 0 Å². The van der Waals surface area contributed by atoms with Crippen LogP contribution in [0.1, 0.15) is 18.5 Å². The molecule has 0 spiro atoms. The maximum atomic E-state index is 5.89. The third-order valence-corrected chi connectivity index (χ3v) is 4.08. The van der Waals surface area contributed by atoms with E-state index in [4.69, 9.17) is 9.47 Å². The summed E-state index contributed by atoms with van der Waals surface area (Å²) in [6.45, 7) is 4.60. The lowest BCUT2D eigenvalue weighted by atomic mass is 9.98. The Kier molecular flexibility index (Phi) is 4.90. The molecule has 6 heteroatoms. The van der Waals surface area contributed by atoms with Crippen LogP contribution < -0.4 is 14.4 Å². The molecule has 0 N–H and O–H groups in total. The molecule has 0 bridgehead atoms. The van der Waals surface area contributed by atoms with Crippen molar-refractivity contribution in [1.82, 2.24) is 15.0 Å². The van der Waals surface area contributed by atoms with E-state index in [0.29, 0.717) is 11.8 Å². The molecule has 0 aromatic carbocycles. The molecule has 2 aromatic rings. The lowest BCUT2D eigenvalue weighted by Gasteiger charge is -2.31. The molecule has 1 saturated heterocycles. The highest BCUT2D eigenvalue weighted by Crippen LogP contribution is 2.23. The van der Waals surface area contributed by atoms with Gasteiger partial charge in [0.2, 0.25) is 11.8 Å². The van der Waals surface area contributed by atoms with Crippen molar-refractivity contribution in [3.05, 3.63) is 36.3 Å². The molecule has 3 heterocycles. The number of aromatic nitrogens is 3. The van der Waals surface area contributed by atoms with Gasteiger partial charge < -0.3 is 14.4 Å². The fraction of sp³-hybridized carbons (Fsp3) is 0.471. The normalized spacial score (nSPS) is 15.5. The molecule has 1 aliphatic heterocycles. The smallest absolute Gasteiger partial charge is 0.228 e. The van der Waals surface area contributed by atoms with Crippen molar-refractivity contribution in [1.29, 1.82) is 0 Å². The van der Waals surface area contributed by atoms with Gasteiger partial charge in [-0.15, -0.1) is 0 Å². The number of hydrogen-bond acceptors (Lipinski definition) is 6. The average Bonchev–Trinajstić information content (AvgIpc) is 2.60. The highest BCUT2D eigenvalue weighted by Gasteiger charge is 2.21. The summed E-state index contributed by atoms with van der Waals surface area (Å²) in [6.07, 6.45) is 5.67. The molecular formula is C17H22N4O2. The molecular weight excluding hydrogens is 292 g/mol. The molecule has 0 saturated carbocycles. The van der Waals surface area contributed by atoms with Crippen LogP contribution in [0.5, 0.6) is 11.6 Å². The second kappa shape index (κ2) is 7.26. The summed E-state index contributed by atoms with van der Waals surface area (Å²) < 4.78 is 11.1. The molecule has 0 atom stereocenters. The second-order valence-corrected chi connectivity index (χ2v) is 5.77. The van der Waals surface area contributed by atoms with Gasteiger partial charge in [-0.25, -0.2) is 4.98 Å². The molecule has 3 rings (SSSR count). The van der Waals surface area contributed by atoms with Gasteiger partial charge in [-0.2, -0.15) is 4.98 Å². The number of anilines is 1. The van der Waals surface area contributed by atoms with Crippen molar-refractivity contribution in [2.24, 2.45) is 5.92 Å². The third kappa shape index (κ3) is 4.09. The van der Waals surface area contributed by atoms with Crippen molar-refractivity contribution in [2.75, 3.05) is 31.7 Å². The number of pyridine rings is 1. The second-order valence-electron chi connectivity index (χ2n) is 5.77. The zero-order chi connectivity index (χ0) is 16.1. The SMILES string of the molecule is COc1ccnc(N2CCC(COc3ccnc(C)c3)CC2)n1. The molecule has 6 nitrogen and oxygen atoms in total. The lowest BCUT2D eigenvalue weighted by Crippen LogP contribution is -2.36. The summed E-state index contributed by atoms with van der Waals surface area (Å²) in [5.74, 6) is 2.81. The van der Waals surface area contributed by atoms with Crippen molar-refractivity contribution >= 4 is 5.95 Å². The van der Waals surface area contributed by atoms with Crippen LogP contribution in [0.15, 0.2) is 30.6 Å². The van der Waals surface area contributed by atoms with Gasteiger partial charge in [0, 0.05) is 43.3 Å². The van der Waals surface area contributed by atoms with Crippen molar-refractivity contribution < 1.29 is 9.47 Å². The van der Waals surface area contributed by atoms with Gasteiger partial charge in [0.05, 0.1) is 13.7 Å². The van der Waals surface area contributed by atoms with E-state index >= 15 is 0 Å². The number of piperidine rings is 1. The molecule has 0 aliphatic carbocycles. The summed E-state index contributed by atoms with van der Waals surface area (Å²) >= 11 is 0. The van der Waals surface area contributed by atoms with Crippen LogP contribution in [0.2, 0.25) is 0 Å². The molecule has 0 unspecified atom stereocenters. The van der Waals surface area contributed by atoms with Gasteiger partial charge in [0.15, 0.2) is 0 Å². The first-order chi connectivity index (χ1) is 11.2. The Labute approximate surface area is 136 Å². The van der Waals surface area contributed by atoms with Crippen LogP contribution in [-0.4, -0.2) is 41.8 Å². The van der Waals surface area contributed by atoms with E-state index in [9.17, 15) is 0 Å². The largest absolute Gasteiger partial charge is 0.493 e. The van der Waals surface area contributed by atoms with Crippen LogP contribution in [0.25, 0.3) is 0 Å². The minimum atomic E-state index is 0.560. The van der Waals surface area contributed by atoms with Gasteiger partial charge in [-0.3, -0.25) is 4.98 Å². The Hall–Kier alpha value is -2.37. The van der Waals surface area contributed by atoms with E-state index in [1.165, 1.54) is 0 Å². The number of rotatable bonds is 5. The van der Waals surface area contributed by atoms with Crippen LogP contribution in [-0.2, 0) is 0 Å². The van der Waals surface area contributed by atoms with Gasteiger partial charge in [0.25, 0.3) is 0 Å². The first-order valence-electron chi connectivity index (χ1n) is 7.92. The summed E-state index contributed by atoms with van der Waals surface area (Å²) in [5, 5.41) is 0. The predicted molar refractivity (Wildman–Crippen MR) is 88.0 cm³/mol. The fourth-order valence-electron chi connectivity index (χ4n) is 2.72. The molecule has 122 valence electrons. The minimum Gasteiger partial charge on any atom is -0.493 e. The Morgan fingerprint density at radius 2 is 1.96 bits per heavy atom. The Morgan fingerprint density at radius 3 is 2.70 bits per heavy atom. The summed E-state index contributed by atoms with van der Waals surface area (Å²) in [6, 6.07) is 5.65. The van der Waals surface area contributed by atoms with E-state index in [1.807, 2.05) is 19.1 Å². The zero-order valence-electron chi connectivity index (χ0n) is 13.6. The predicted octanol–water partition coefficient (Wildman–Crippen LogP) is 2.48. The summed E-state index contributed by atoms with van der Waals surface area (Å²) in [5.41, 5.74) is 0.979. The van der Waals surface area contributed by atoms with Crippen LogP contribution >= 0.6 is 0 Å². The number of nitrogens with zero attached hydrogens (tertiary/aromatic N) is 4. The van der Waals surface area contributed by atoms with E-state index in [2.05, 4.69) is 19.9 Å². The van der Waals surface area contributed by atoms with E-state index in [0.717, 1.165) is 49.9 Å². The first kappa shape index (κ1) is 15.5. The van der Waals surface area contributed by atoms with E-state index in [1.54, 1.807) is 25.6 Å². The molecule has 1 aliphatic rings. The van der Waals surface area contributed by atoms with Crippen molar-refractivity contribution in [2.45, 2.75) is 19.8 Å². The molecule has 1 fully saturated rings. The topological polar surface area (TPSA) is 60.4 Å². The summed E-state index contributed by atoms with van der Waals surface area (Å²) in [7, 11) is 1.62. The maximum absolute atomic E-state index is 5.89. The molecule has 23 heavy (non-hydrogen) atoms. The Bertz CT molecular complexity index is 642. The number of methoxy groups -OCH3 is 1. The van der Waals surface area contributed by atoms with E-state index in [-0.39, 0.29) is 0 Å². The highest BCUT2D eigenvalue weighted by molar-refractivity contribution is 5.32. The third-order valence-electron chi connectivity index (χ3n) is 4.08. The lowest BCUT2D eigenvalue weighted by molar-refractivity contribution is 0.222. The first-order valence-corrected chi connectivity index (χ1v) is 7.92. The number of ether oxygens (including phenoxy) is 2.